The summed E-state index contributed by atoms with van der Waals surface area (Å²) in [5.74, 6) is 2.49. The number of hydrogen-bond acceptors (Lipinski definition) is 9. The normalized spacial score (nSPS) is 18.1. The molecular weight excluding hydrogens is 656 g/mol. The van der Waals surface area contributed by atoms with Crippen LogP contribution in [-0.4, -0.2) is 108 Å². The van der Waals surface area contributed by atoms with E-state index < -0.39 is 0 Å². The quantitative estimate of drug-likeness (QED) is 0.148. The minimum Gasteiger partial charge on any atom is -0.493 e. The molecule has 12 heteroatoms. The number of carbonyl (C=O) groups excluding carboxylic acids is 1. The molecule has 2 aliphatic heterocycles. The van der Waals surface area contributed by atoms with Gasteiger partial charge >= 0.3 is 0 Å². The Morgan fingerprint density at radius 1 is 0.865 bits per heavy atom. The van der Waals surface area contributed by atoms with Gasteiger partial charge in [0.1, 0.15) is 0 Å². The van der Waals surface area contributed by atoms with Crippen molar-refractivity contribution in [3.05, 3.63) is 89.7 Å². The van der Waals surface area contributed by atoms with Crippen LogP contribution < -0.4 is 19.1 Å². The molecule has 274 valence electrons. The number of carbonyl (C=O) groups is 1. The number of aromatic nitrogens is 5. The molecule has 2 saturated heterocycles. The fraction of sp³-hybridized carbons (Fsp3) is 0.450. The molecule has 52 heavy (non-hydrogen) atoms. The first kappa shape index (κ1) is 35.3. The van der Waals surface area contributed by atoms with Gasteiger partial charge in [0.05, 0.1) is 44.3 Å². The Balaban J connectivity index is 1.03. The number of nitrogens with zero attached hydrogens (tertiary/aromatic N) is 7. The topological polar surface area (TPSA) is 114 Å². The summed E-state index contributed by atoms with van der Waals surface area (Å²) in [5, 5.41) is 10.9. The molecule has 1 atom stereocenters. The summed E-state index contributed by atoms with van der Waals surface area (Å²) in [6.45, 7) is 7.13. The Morgan fingerprint density at radius 3 is 2.40 bits per heavy atom. The average Bonchev–Trinajstić information content (AvgIpc) is 3.92. The molecule has 0 spiro atoms. The number of para-hydroxylation sites is 2. The molecule has 0 radical (unpaired) electrons. The van der Waals surface area contributed by atoms with Crippen molar-refractivity contribution >= 4 is 22.9 Å². The van der Waals surface area contributed by atoms with Crippen LogP contribution in [0.2, 0.25) is 0 Å². The lowest BCUT2D eigenvalue weighted by atomic mass is 9.76. The van der Waals surface area contributed by atoms with Crippen LogP contribution in [0.15, 0.2) is 72.9 Å². The van der Waals surface area contributed by atoms with Gasteiger partial charge in [-0.15, -0.1) is 0 Å². The SMILES string of the molecule is COc1cc(C(=O)N2CCC(CCN3CCCN(c4nc5ccccc5n4CCCCc4cn[nH]n4)CC3)(c3ccccc3)C2)cc(OC)c1OC. The highest BCUT2D eigenvalue weighted by molar-refractivity contribution is 5.96. The summed E-state index contributed by atoms with van der Waals surface area (Å²) in [5.41, 5.74) is 4.94. The molecule has 12 nitrogen and oxygen atoms in total. The van der Waals surface area contributed by atoms with Gasteiger partial charge in [0.25, 0.3) is 5.91 Å². The van der Waals surface area contributed by atoms with Crippen molar-refractivity contribution < 1.29 is 19.0 Å². The predicted molar refractivity (Wildman–Crippen MR) is 202 cm³/mol. The number of aryl methyl sites for hydroxylation is 2. The highest BCUT2D eigenvalue weighted by Crippen LogP contribution is 2.41. The zero-order valence-electron chi connectivity index (χ0n) is 30.6. The van der Waals surface area contributed by atoms with E-state index in [1.165, 1.54) is 11.1 Å². The van der Waals surface area contributed by atoms with Crippen molar-refractivity contribution in [2.45, 2.75) is 50.5 Å². The van der Waals surface area contributed by atoms with E-state index in [2.05, 4.69) is 84.4 Å². The number of ether oxygens (including phenoxy) is 3. The zero-order chi connectivity index (χ0) is 35.9. The lowest BCUT2D eigenvalue weighted by Gasteiger charge is -2.33. The minimum absolute atomic E-state index is 0.0245. The van der Waals surface area contributed by atoms with Gasteiger partial charge in [0.15, 0.2) is 11.5 Å². The van der Waals surface area contributed by atoms with Crippen molar-refractivity contribution in [3.8, 4) is 17.2 Å². The third-order valence-corrected chi connectivity index (χ3v) is 10.9. The van der Waals surface area contributed by atoms with Crippen LogP contribution in [0.1, 0.15) is 53.7 Å². The summed E-state index contributed by atoms with van der Waals surface area (Å²) in [6, 6.07) is 22.8. The fourth-order valence-electron chi connectivity index (χ4n) is 8.02. The summed E-state index contributed by atoms with van der Waals surface area (Å²) in [4.78, 5) is 26.2. The molecule has 0 aliphatic carbocycles. The molecule has 5 aromatic rings. The van der Waals surface area contributed by atoms with Gasteiger partial charge in [-0.2, -0.15) is 15.4 Å². The Kier molecular flexibility index (Phi) is 10.9. The van der Waals surface area contributed by atoms with E-state index in [9.17, 15) is 4.79 Å². The van der Waals surface area contributed by atoms with Crippen LogP contribution in [0.5, 0.6) is 17.2 Å². The van der Waals surface area contributed by atoms with Crippen LogP contribution in [-0.2, 0) is 18.4 Å². The van der Waals surface area contributed by atoms with Crippen LogP contribution in [0.4, 0.5) is 5.95 Å². The molecule has 2 fully saturated rings. The van der Waals surface area contributed by atoms with Gasteiger partial charge in [0.2, 0.25) is 11.7 Å². The predicted octanol–water partition coefficient (Wildman–Crippen LogP) is 5.59. The van der Waals surface area contributed by atoms with Gasteiger partial charge in [-0.05, 0) is 81.4 Å². The largest absolute Gasteiger partial charge is 0.493 e. The van der Waals surface area contributed by atoms with Gasteiger partial charge in [-0.3, -0.25) is 4.79 Å². The Labute approximate surface area is 305 Å². The first-order chi connectivity index (χ1) is 25.5. The van der Waals surface area contributed by atoms with E-state index in [1.807, 2.05) is 11.1 Å². The van der Waals surface area contributed by atoms with E-state index in [1.54, 1.807) is 33.5 Å². The standard InChI is InChI=1S/C40H50N8O4/c1-50-35-26-30(27-36(51-2)37(35)52-3)38(49)47-23-18-40(29-47,31-12-5-4-6-13-31)17-22-45-19-11-20-46(25-24-45)39-42-33-15-7-8-16-34(33)48(39)21-10-9-14-32-28-41-44-43-32/h4-8,12-13,15-16,26-28H,9-11,14,17-25,29H2,1-3H3,(H,41,43,44). The number of hydrogen-bond donors (Lipinski definition) is 1. The molecule has 0 bridgehead atoms. The Bertz CT molecular complexity index is 1910. The van der Waals surface area contributed by atoms with Crippen molar-refractivity contribution in [1.29, 1.82) is 0 Å². The first-order valence-corrected chi connectivity index (χ1v) is 18.4. The van der Waals surface area contributed by atoms with Crippen LogP contribution in [0.25, 0.3) is 11.0 Å². The molecule has 7 rings (SSSR count). The number of benzene rings is 3. The molecule has 1 unspecified atom stereocenters. The van der Waals surface area contributed by atoms with Gasteiger partial charge in [0, 0.05) is 50.2 Å². The summed E-state index contributed by atoms with van der Waals surface area (Å²) in [6.07, 6.45) is 7.76. The van der Waals surface area contributed by atoms with Crippen LogP contribution >= 0.6 is 0 Å². The second-order valence-electron chi connectivity index (χ2n) is 13.9. The number of amides is 1. The third kappa shape index (κ3) is 7.43. The maximum Gasteiger partial charge on any atom is 0.254 e. The van der Waals surface area contributed by atoms with Crippen molar-refractivity contribution in [3.63, 3.8) is 0 Å². The molecule has 3 aromatic carbocycles. The van der Waals surface area contributed by atoms with E-state index >= 15 is 0 Å². The number of nitrogens with one attached hydrogen (secondary N) is 1. The molecule has 2 aromatic heterocycles. The second kappa shape index (κ2) is 16.1. The molecule has 1 amide bonds. The molecule has 2 aliphatic rings. The lowest BCUT2D eigenvalue weighted by Crippen LogP contribution is -2.39. The third-order valence-electron chi connectivity index (χ3n) is 10.9. The first-order valence-electron chi connectivity index (χ1n) is 18.4. The molecule has 0 saturated carbocycles. The van der Waals surface area contributed by atoms with Crippen LogP contribution in [0, 0.1) is 0 Å². The average molecular weight is 707 g/mol. The van der Waals surface area contributed by atoms with Crippen molar-refractivity contribution in [1.82, 2.24) is 34.8 Å². The van der Waals surface area contributed by atoms with Gasteiger partial charge in [-0.25, -0.2) is 4.98 Å². The van der Waals surface area contributed by atoms with Crippen molar-refractivity contribution in [2.24, 2.45) is 0 Å². The minimum atomic E-state index is -0.135. The van der Waals surface area contributed by atoms with Gasteiger partial charge < -0.3 is 33.5 Å². The Morgan fingerprint density at radius 2 is 1.65 bits per heavy atom. The Hall–Kier alpha value is -5.10. The number of methoxy groups -OCH3 is 3. The maximum absolute atomic E-state index is 14.0. The lowest BCUT2D eigenvalue weighted by molar-refractivity contribution is 0.0780. The molecule has 4 heterocycles. The number of unbranched alkanes of at least 4 members (excludes halogenated alkanes) is 1. The molecule has 1 N–H and O–H groups in total. The number of likely N-dealkylation sites (tertiary alicyclic amines) is 1. The number of aromatic amines is 1. The zero-order valence-corrected chi connectivity index (χ0v) is 30.6. The fourth-order valence-corrected chi connectivity index (χ4v) is 8.02. The number of H-pyrrole nitrogens is 1. The highest BCUT2D eigenvalue weighted by atomic mass is 16.5. The van der Waals surface area contributed by atoms with E-state index in [4.69, 9.17) is 19.2 Å². The highest BCUT2D eigenvalue weighted by Gasteiger charge is 2.42. The summed E-state index contributed by atoms with van der Waals surface area (Å²) in [7, 11) is 4.72. The van der Waals surface area contributed by atoms with Gasteiger partial charge in [-0.1, -0.05) is 42.5 Å². The molecular formula is C40H50N8O4. The van der Waals surface area contributed by atoms with E-state index in [-0.39, 0.29) is 11.3 Å². The van der Waals surface area contributed by atoms with E-state index in [0.717, 1.165) is 95.0 Å². The number of rotatable bonds is 14. The second-order valence-corrected chi connectivity index (χ2v) is 13.9. The smallest absolute Gasteiger partial charge is 0.254 e. The van der Waals surface area contributed by atoms with Crippen LogP contribution in [0.3, 0.4) is 0 Å². The monoisotopic (exact) mass is 706 g/mol. The number of imidazole rings is 1. The summed E-state index contributed by atoms with van der Waals surface area (Å²) >= 11 is 0. The summed E-state index contributed by atoms with van der Waals surface area (Å²) < 4.78 is 19.0. The number of anilines is 1. The number of fused-ring (bicyclic) bond motifs is 1. The van der Waals surface area contributed by atoms with E-state index in [0.29, 0.717) is 35.9 Å². The van der Waals surface area contributed by atoms with Crippen molar-refractivity contribution in [2.75, 3.05) is 72.0 Å². The maximum atomic E-state index is 14.0.